The fourth-order valence-electron chi connectivity index (χ4n) is 3.65. The molecule has 1 fully saturated rings. The van der Waals surface area contributed by atoms with Crippen LogP contribution in [0.2, 0.25) is 0 Å². The van der Waals surface area contributed by atoms with Crippen LogP contribution >= 0.6 is 0 Å². The highest BCUT2D eigenvalue weighted by Crippen LogP contribution is 2.38. The zero-order valence-electron chi connectivity index (χ0n) is 13.1. The van der Waals surface area contributed by atoms with Crippen LogP contribution in [-0.2, 0) is 0 Å². The van der Waals surface area contributed by atoms with Crippen LogP contribution in [0.25, 0.3) is 0 Å². The summed E-state index contributed by atoms with van der Waals surface area (Å²) in [4.78, 5) is 14.5. The molecule has 1 aliphatic heterocycles. The zero-order chi connectivity index (χ0) is 15.8. The number of hydrogen-bond acceptors (Lipinski definition) is 2. The van der Waals surface area contributed by atoms with Gasteiger partial charge in [-0.2, -0.15) is 0 Å². The predicted molar refractivity (Wildman–Crippen MR) is 82.6 cm³/mol. The molecule has 2 rings (SSSR count). The number of amides is 2. The average Bonchev–Trinajstić information content (AvgIpc) is 2.23. The zero-order valence-corrected chi connectivity index (χ0v) is 13.1. The van der Waals surface area contributed by atoms with E-state index in [1.54, 1.807) is 12.1 Å². The highest BCUT2D eigenvalue weighted by atomic mass is 19.1. The van der Waals surface area contributed by atoms with Crippen molar-refractivity contribution in [1.29, 1.82) is 0 Å². The normalized spacial score (nSPS) is 21.1. The lowest BCUT2D eigenvalue weighted by Gasteiger charge is -2.54. The Kier molecular flexibility index (Phi) is 3.97. The summed E-state index contributed by atoms with van der Waals surface area (Å²) >= 11 is 0. The van der Waals surface area contributed by atoms with E-state index in [9.17, 15) is 9.18 Å². The standard InChI is InChI=1S/C16H24FN3O/c1-15(2)9-12(18)10-16(3,4)20(15)14(21)19-13-7-5-6-11(17)8-13/h5-8,12H,9-10,18H2,1-4H3,(H,19,21). The summed E-state index contributed by atoms with van der Waals surface area (Å²) in [5.74, 6) is -0.369. The van der Waals surface area contributed by atoms with Gasteiger partial charge in [0, 0.05) is 22.8 Å². The number of nitrogens with zero attached hydrogens (tertiary/aromatic N) is 1. The predicted octanol–water partition coefficient (Wildman–Crippen LogP) is 3.34. The fraction of sp³-hybridized carbons (Fsp3) is 0.562. The molecule has 21 heavy (non-hydrogen) atoms. The summed E-state index contributed by atoms with van der Waals surface area (Å²) in [6.07, 6.45) is 1.49. The molecule has 0 atom stereocenters. The number of halogens is 1. The first-order chi connectivity index (χ1) is 9.62. The molecule has 4 nitrogen and oxygen atoms in total. The highest BCUT2D eigenvalue weighted by molar-refractivity contribution is 5.90. The molecule has 116 valence electrons. The fourth-order valence-corrected chi connectivity index (χ4v) is 3.65. The third-order valence-electron chi connectivity index (χ3n) is 4.01. The van der Waals surface area contributed by atoms with E-state index < -0.39 is 0 Å². The number of carbonyl (C=O) groups excluding carboxylic acids is 1. The Bertz CT molecular complexity index is 524. The van der Waals surface area contributed by atoms with Crippen LogP contribution in [0.15, 0.2) is 24.3 Å². The molecule has 1 saturated heterocycles. The Morgan fingerprint density at radius 2 is 1.86 bits per heavy atom. The molecule has 1 aromatic carbocycles. The van der Waals surface area contributed by atoms with Crippen molar-refractivity contribution >= 4 is 11.7 Å². The molecule has 1 aliphatic rings. The van der Waals surface area contributed by atoms with Gasteiger partial charge in [0.1, 0.15) is 5.82 Å². The molecule has 5 heteroatoms. The number of nitrogens with one attached hydrogen (secondary N) is 1. The van der Waals surface area contributed by atoms with Gasteiger partial charge in [0.25, 0.3) is 0 Å². The average molecular weight is 293 g/mol. The SMILES string of the molecule is CC1(C)CC(N)CC(C)(C)N1C(=O)Nc1cccc(F)c1. The molecule has 0 spiro atoms. The second-order valence-corrected chi connectivity index (χ2v) is 7.07. The van der Waals surface area contributed by atoms with Gasteiger partial charge in [-0.15, -0.1) is 0 Å². The molecule has 1 aromatic rings. The van der Waals surface area contributed by atoms with Crippen LogP contribution in [-0.4, -0.2) is 28.1 Å². The molecular formula is C16H24FN3O. The van der Waals surface area contributed by atoms with E-state index in [4.69, 9.17) is 5.73 Å². The number of carbonyl (C=O) groups is 1. The first-order valence-electron chi connectivity index (χ1n) is 7.24. The number of rotatable bonds is 1. The summed E-state index contributed by atoms with van der Waals surface area (Å²) in [5.41, 5.74) is 5.88. The highest BCUT2D eigenvalue weighted by Gasteiger charge is 2.46. The number of piperidine rings is 1. The maximum atomic E-state index is 13.2. The number of benzene rings is 1. The smallest absolute Gasteiger partial charge is 0.322 e. The second kappa shape index (κ2) is 5.30. The maximum Gasteiger partial charge on any atom is 0.322 e. The van der Waals surface area contributed by atoms with Gasteiger partial charge in [-0.3, -0.25) is 0 Å². The monoisotopic (exact) mass is 293 g/mol. The van der Waals surface area contributed by atoms with Gasteiger partial charge in [-0.25, -0.2) is 9.18 Å². The van der Waals surface area contributed by atoms with Gasteiger partial charge < -0.3 is 16.0 Å². The molecule has 0 radical (unpaired) electrons. The van der Waals surface area contributed by atoms with E-state index in [0.29, 0.717) is 5.69 Å². The van der Waals surface area contributed by atoms with Crippen molar-refractivity contribution in [2.24, 2.45) is 5.73 Å². The minimum atomic E-state index is -0.369. The minimum absolute atomic E-state index is 0.0771. The lowest BCUT2D eigenvalue weighted by molar-refractivity contribution is 0.00877. The van der Waals surface area contributed by atoms with Gasteiger partial charge in [0.15, 0.2) is 0 Å². The third kappa shape index (κ3) is 3.35. The summed E-state index contributed by atoms with van der Waals surface area (Å²) in [6.45, 7) is 8.05. The number of likely N-dealkylation sites (tertiary alicyclic amines) is 1. The van der Waals surface area contributed by atoms with Gasteiger partial charge in [-0.05, 0) is 58.7 Å². The molecule has 2 amide bonds. The molecule has 3 N–H and O–H groups in total. The Morgan fingerprint density at radius 1 is 1.29 bits per heavy atom. The van der Waals surface area contributed by atoms with E-state index in [0.717, 1.165) is 12.8 Å². The van der Waals surface area contributed by atoms with E-state index in [2.05, 4.69) is 5.32 Å². The minimum Gasteiger partial charge on any atom is -0.328 e. The van der Waals surface area contributed by atoms with Gasteiger partial charge in [0.2, 0.25) is 0 Å². The van der Waals surface area contributed by atoms with Crippen LogP contribution < -0.4 is 11.1 Å². The van der Waals surface area contributed by atoms with Crippen molar-refractivity contribution in [3.05, 3.63) is 30.1 Å². The van der Waals surface area contributed by atoms with E-state index in [-0.39, 0.29) is 29.0 Å². The molecule has 1 heterocycles. The van der Waals surface area contributed by atoms with Crippen molar-refractivity contribution in [2.45, 2.75) is 57.7 Å². The van der Waals surface area contributed by atoms with Crippen molar-refractivity contribution in [1.82, 2.24) is 4.90 Å². The van der Waals surface area contributed by atoms with Crippen LogP contribution in [0.5, 0.6) is 0 Å². The Morgan fingerprint density at radius 3 is 2.38 bits per heavy atom. The lowest BCUT2D eigenvalue weighted by atomic mass is 9.77. The van der Waals surface area contributed by atoms with E-state index in [1.807, 2.05) is 32.6 Å². The number of anilines is 1. The van der Waals surface area contributed by atoms with Crippen LogP contribution in [0, 0.1) is 5.82 Å². The Labute approximate surface area is 125 Å². The third-order valence-corrected chi connectivity index (χ3v) is 4.01. The summed E-state index contributed by atoms with van der Waals surface area (Å²) in [7, 11) is 0. The number of hydrogen-bond donors (Lipinski definition) is 2. The van der Waals surface area contributed by atoms with Gasteiger partial charge in [-0.1, -0.05) is 6.07 Å². The summed E-state index contributed by atoms with van der Waals surface area (Å²) in [6, 6.07) is 5.77. The van der Waals surface area contributed by atoms with Gasteiger partial charge in [0.05, 0.1) is 0 Å². The van der Waals surface area contributed by atoms with Crippen LogP contribution in [0.1, 0.15) is 40.5 Å². The number of nitrogens with two attached hydrogens (primary N) is 1. The summed E-state index contributed by atoms with van der Waals surface area (Å²) < 4.78 is 13.2. The van der Waals surface area contributed by atoms with Crippen molar-refractivity contribution in [2.75, 3.05) is 5.32 Å². The Hall–Kier alpha value is -1.62. The van der Waals surface area contributed by atoms with Crippen LogP contribution in [0.3, 0.4) is 0 Å². The maximum absolute atomic E-state index is 13.2. The molecular weight excluding hydrogens is 269 g/mol. The number of urea groups is 1. The molecule has 0 aromatic heterocycles. The molecule has 0 bridgehead atoms. The second-order valence-electron chi connectivity index (χ2n) is 7.07. The Balaban J connectivity index is 2.24. The van der Waals surface area contributed by atoms with E-state index >= 15 is 0 Å². The van der Waals surface area contributed by atoms with Crippen LogP contribution in [0.4, 0.5) is 14.9 Å². The quantitative estimate of drug-likeness (QED) is 0.834. The molecule has 0 unspecified atom stereocenters. The van der Waals surface area contributed by atoms with Crippen molar-refractivity contribution < 1.29 is 9.18 Å². The lowest BCUT2D eigenvalue weighted by Crippen LogP contribution is -2.66. The summed E-state index contributed by atoms with van der Waals surface area (Å²) in [5, 5.41) is 2.78. The molecule has 0 saturated carbocycles. The molecule has 0 aliphatic carbocycles. The van der Waals surface area contributed by atoms with Crippen molar-refractivity contribution in [3.8, 4) is 0 Å². The first-order valence-corrected chi connectivity index (χ1v) is 7.24. The first kappa shape index (κ1) is 15.8. The van der Waals surface area contributed by atoms with Crippen molar-refractivity contribution in [3.63, 3.8) is 0 Å². The van der Waals surface area contributed by atoms with E-state index in [1.165, 1.54) is 12.1 Å². The largest absolute Gasteiger partial charge is 0.328 e. The topological polar surface area (TPSA) is 58.4 Å². The van der Waals surface area contributed by atoms with Gasteiger partial charge >= 0.3 is 6.03 Å².